The number of amides is 1. The summed E-state index contributed by atoms with van der Waals surface area (Å²) >= 11 is 0. The van der Waals surface area contributed by atoms with Crippen molar-refractivity contribution in [2.24, 2.45) is 0 Å². The third kappa shape index (κ3) is 3.85. The molecule has 86 valence electrons. The molecule has 1 amide bonds. The van der Waals surface area contributed by atoms with Gasteiger partial charge in [-0.1, -0.05) is 17.7 Å². The lowest BCUT2D eigenvalue weighted by molar-refractivity contribution is -0.116. The monoisotopic (exact) mass is 221 g/mol. The molecule has 0 heterocycles. The molecule has 1 aromatic carbocycles. The number of aryl methyl sites for hydroxylation is 1. The van der Waals surface area contributed by atoms with Gasteiger partial charge in [-0.2, -0.15) is 0 Å². The number of carbonyl (C=O) groups is 1. The van der Waals surface area contributed by atoms with Crippen LogP contribution in [-0.2, 0) is 11.3 Å². The fourth-order valence-electron chi connectivity index (χ4n) is 1.32. The third-order valence-electron chi connectivity index (χ3n) is 2.11. The van der Waals surface area contributed by atoms with Crippen LogP contribution in [0.25, 0.3) is 0 Å². The summed E-state index contributed by atoms with van der Waals surface area (Å²) < 4.78 is 13.0. The molecule has 0 aliphatic heterocycles. The van der Waals surface area contributed by atoms with Gasteiger partial charge in [0.1, 0.15) is 5.82 Å². The minimum Gasteiger partial charge on any atom is -0.348 e. The number of hydrogen-bond donors (Lipinski definition) is 1. The Morgan fingerprint density at radius 2 is 2.12 bits per heavy atom. The maximum atomic E-state index is 13.0. The van der Waals surface area contributed by atoms with E-state index in [4.69, 9.17) is 0 Å². The van der Waals surface area contributed by atoms with Gasteiger partial charge in [0.15, 0.2) is 0 Å². The summed E-state index contributed by atoms with van der Waals surface area (Å²) in [5.74, 6) is -0.346. The first-order chi connectivity index (χ1) is 7.49. The highest BCUT2D eigenvalue weighted by Crippen LogP contribution is 2.08. The van der Waals surface area contributed by atoms with Crippen LogP contribution >= 0.6 is 0 Å². The van der Waals surface area contributed by atoms with Crippen molar-refractivity contribution < 1.29 is 9.18 Å². The largest absolute Gasteiger partial charge is 0.348 e. The number of rotatable bonds is 3. The number of carbonyl (C=O) groups excluding carboxylic acids is 1. The molecule has 2 nitrogen and oxygen atoms in total. The molecule has 0 saturated heterocycles. The van der Waals surface area contributed by atoms with Crippen molar-refractivity contribution in [3.63, 3.8) is 0 Å². The number of hydrogen-bond acceptors (Lipinski definition) is 1. The van der Waals surface area contributed by atoms with Gasteiger partial charge < -0.3 is 5.32 Å². The fourth-order valence-corrected chi connectivity index (χ4v) is 1.32. The van der Waals surface area contributed by atoms with Gasteiger partial charge in [0, 0.05) is 12.6 Å². The van der Waals surface area contributed by atoms with Gasteiger partial charge in [-0.15, -0.1) is 0 Å². The number of nitrogens with one attached hydrogen (secondary N) is 1. The van der Waals surface area contributed by atoms with Gasteiger partial charge in [0.2, 0.25) is 5.91 Å². The molecule has 16 heavy (non-hydrogen) atoms. The summed E-state index contributed by atoms with van der Waals surface area (Å²) in [6.07, 6.45) is 1.54. The Morgan fingerprint density at radius 1 is 1.44 bits per heavy atom. The molecule has 3 heteroatoms. The van der Waals surface area contributed by atoms with E-state index >= 15 is 0 Å². The van der Waals surface area contributed by atoms with Gasteiger partial charge >= 0.3 is 0 Å². The molecule has 0 bridgehead atoms. The van der Waals surface area contributed by atoms with Crippen molar-refractivity contribution in [2.75, 3.05) is 0 Å². The van der Waals surface area contributed by atoms with Crippen molar-refractivity contribution >= 4 is 5.91 Å². The first-order valence-electron chi connectivity index (χ1n) is 5.17. The molecular formula is C13H16FNO. The SMILES string of the molecule is CC(C)=CC(=O)NCc1ccc(F)c(C)c1. The molecule has 0 fully saturated rings. The zero-order valence-electron chi connectivity index (χ0n) is 9.80. The molecule has 1 rings (SSSR count). The molecular weight excluding hydrogens is 205 g/mol. The van der Waals surface area contributed by atoms with E-state index in [-0.39, 0.29) is 11.7 Å². The summed E-state index contributed by atoms with van der Waals surface area (Å²) in [5.41, 5.74) is 2.44. The third-order valence-corrected chi connectivity index (χ3v) is 2.11. The Kier molecular flexibility index (Phi) is 4.23. The van der Waals surface area contributed by atoms with Crippen molar-refractivity contribution in [1.82, 2.24) is 5.32 Å². The minimum absolute atomic E-state index is 0.123. The fraction of sp³-hybridized carbons (Fsp3) is 0.308. The van der Waals surface area contributed by atoms with E-state index in [1.165, 1.54) is 12.1 Å². The van der Waals surface area contributed by atoms with E-state index in [0.717, 1.165) is 11.1 Å². The molecule has 1 aromatic rings. The predicted octanol–water partition coefficient (Wildman–Crippen LogP) is 2.72. The standard InChI is InChI=1S/C13H16FNO/c1-9(2)6-13(16)15-8-11-4-5-12(14)10(3)7-11/h4-7H,8H2,1-3H3,(H,15,16). The van der Waals surface area contributed by atoms with Crippen LogP contribution < -0.4 is 5.32 Å². The Bertz CT molecular complexity index is 420. The van der Waals surface area contributed by atoms with Crippen LogP contribution in [0.4, 0.5) is 4.39 Å². The topological polar surface area (TPSA) is 29.1 Å². The Hall–Kier alpha value is -1.64. The molecule has 0 unspecified atom stereocenters. The smallest absolute Gasteiger partial charge is 0.244 e. The Morgan fingerprint density at radius 3 is 2.69 bits per heavy atom. The number of benzene rings is 1. The molecule has 0 aliphatic carbocycles. The molecule has 0 atom stereocenters. The maximum absolute atomic E-state index is 13.0. The maximum Gasteiger partial charge on any atom is 0.244 e. The van der Waals surface area contributed by atoms with E-state index in [2.05, 4.69) is 5.32 Å². The van der Waals surface area contributed by atoms with Crippen LogP contribution in [0.1, 0.15) is 25.0 Å². The zero-order chi connectivity index (χ0) is 12.1. The lowest BCUT2D eigenvalue weighted by Crippen LogP contribution is -2.20. The zero-order valence-corrected chi connectivity index (χ0v) is 9.80. The van der Waals surface area contributed by atoms with Crippen LogP contribution in [-0.4, -0.2) is 5.91 Å². The van der Waals surface area contributed by atoms with Crippen LogP contribution in [0.5, 0.6) is 0 Å². The predicted molar refractivity (Wildman–Crippen MR) is 62.4 cm³/mol. The van der Waals surface area contributed by atoms with E-state index in [1.54, 1.807) is 19.1 Å². The molecule has 0 aliphatic rings. The second-order valence-corrected chi connectivity index (χ2v) is 4.02. The number of allylic oxidation sites excluding steroid dienone is 1. The molecule has 0 spiro atoms. The van der Waals surface area contributed by atoms with E-state index < -0.39 is 0 Å². The highest BCUT2D eigenvalue weighted by Gasteiger charge is 2.00. The Balaban J connectivity index is 2.58. The molecule has 0 saturated carbocycles. The summed E-state index contributed by atoms with van der Waals surface area (Å²) in [7, 11) is 0. The second kappa shape index (κ2) is 5.45. The van der Waals surface area contributed by atoms with Crippen molar-refractivity contribution in [3.05, 3.63) is 46.8 Å². The van der Waals surface area contributed by atoms with E-state index in [9.17, 15) is 9.18 Å². The van der Waals surface area contributed by atoms with Crippen molar-refractivity contribution in [1.29, 1.82) is 0 Å². The van der Waals surface area contributed by atoms with Crippen LogP contribution in [0.15, 0.2) is 29.8 Å². The quantitative estimate of drug-likeness (QED) is 0.781. The lowest BCUT2D eigenvalue weighted by Gasteiger charge is -2.04. The van der Waals surface area contributed by atoms with Crippen molar-refractivity contribution in [3.8, 4) is 0 Å². The van der Waals surface area contributed by atoms with Gasteiger partial charge in [-0.25, -0.2) is 4.39 Å². The summed E-state index contributed by atoms with van der Waals surface area (Å²) in [6.45, 7) is 5.85. The average Bonchev–Trinajstić information content (AvgIpc) is 2.19. The Labute approximate surface area is 95.2 Å². The second-order valence-electron chi connectivity index (χ2n) is 4.02. The lowest BCUT2D eigenvalue weighted by atomic mass is 10.1. The molecule has 1 N–H and O–H groups in total. The molecule has 0 radical (unpaired) electrons. The van der Waals surface area contributed by atoms with Gasteiger partial charge in [-0.3, -0.25) is 4.79 Å². The summed E-state index contributed by atoms with van der Waals surface area (Å²) in [4.78, 5) is 11.3. The van der Waals surface area contributed by atoms with Gasteiger partial charge in [0.05, 0.1) is 0 Å². The minimum atomic E-state index is -0.223. The summed E-state index contributed by atoms with van der Waals surface area (Å²) in [6, 6.07) is 4.82. The van der Waals surface area contributed by atoms with E-state index in [0.29, 0.717) is 12.1 Å². The first-order valence-corrected chi connectivity index (χ1v) is 5.17. The van der Waals surface area contributed by atoms with E-state index in [1.807, 2.05) is 13.8 Å². The highest BCUT2D eigenvalue weighted by atomic mass is 19.1. The van der Waals surface area contributed by atoms with Crippen LogP contribution in [0.2, 0.25) is 0 Å². The average molecular weight is 221 g/mol. The highest BCUT2D eigenvalue weighted by molar-refractivity contribution is 5.87. The van der Waals surface area contributed by atoms with Crippen LogP contribution in [0, 0.1) is 12.7 Å². The van der Waals surface area contributed by atoms with Gasteiger partial charge in [0.25, 0.3) is 0 Å². The van der Waals surface area contributed by atoms with Gasteiger partial charge in [-0.05, 0) is 38.0 Å². The van der Waals surface area contributed by atoms with Crippen molar-refractivity contribution in [2.45, 2.75) is 27.3 Å². The summed E-state index contributed by atoms with van der Waals surface area (Å²) in [5, 5.41) is 2.74. The van der Waals surface area contributed by atoms with Crippen LogP contribution in [0.3, 0.4) is 0 Å². The normalized spacial score (nSPS) is 9.75. The number of halogens is 1. The molecule has 0 aromatic heterocycles. The first kappa shape index (κ1) is 12.4.